The van der Waals surface area contributed by atoms with E-state index in [0.717, 1.165) is 0 Å². The fourth-order valence-corrected chi connectivity index (χ4v) is 2.27. The van der Waals surface area contributed by atoms with Gasteiger partial charge in [0.2, 0.25) is 6.79 Å². The van der Waals surface area contributed by atoms with E-state index in [0.29, 0.717) is 22.6 Å². The summed E-state index contributed by atoms with van der Waals surface area (Å²) in [5.41, 5.74) is 0.803. The molecule has 8 nitrogen and oxygen atoms in total. The molecule has 1 aliphatic rings. The zero-order valence-corrected chi connectivity index (χ0v) is 12.5. The van der Waals surface area contributed by atoms with Gasteiger partial charge in [0, 0.05) is 24.2 Å². The Morgan fingerprint density at radius 3 is 2.62 bits per heavy atom. The maximum absolute atomic E-state index is 12.1. The van der Waals surface area contributed by atoms with Gasteiger partial charge in [-0.1, -0.05) is 0 Å². The van der Waals surface area contributed by atoms with E-state index in [4.69, 9.17) is 9.47 Å². The van der Waals surface area contributed by atoms with Crippen molar-refractivity contribution in [3.05, 3.63) is 63.7 Å². The molecule has 24 heavy (non-hydrogen) atoms. The normalized spacial score (nSPS) is 13.4. The minimum Gasteiger partial charge on any atom is -0.454 e. The molecule has 0 spiro atoms. The highest BCUT2D eigenvalue weighted by atomic mass is 16.7. The predicted molar refractivity (Wildman–Crippen MR) is 83.0 cm³/mol. The first kappa shape index (κ1) is 15.8. The molecule has 2 aromatic carbocycles. The Bertz CT molecular complexity index is 775. The number of carbonyl (C=O) groups excluding carboxylic acids is 1. The lowest BCUT2D eigenvalue weighted by molar-refractivity contribution is -0.384. The molecule has 1 aliphatic heterocycles. The van der Waals surface area contributed by atoms with Crippen molar-refractivity contribution < 1.29 is 24.3 Å². The van der Waals surface area contributed by atoms with Crippen LogP contribution < -0.4 is 14.8 Å². The van der Waals surface area contributed by atoms with Crippen molar-refractivity contribution in [1.82, 2.24) is 5.32 Å². The summed E-state index contributed by atoms with van der Waals surface area (Å²) in [4.78, 5) is 22.2. The SMILES string of the molecule is O=C(NC[C@H](O)c1ccc([N+](=O)[O-])cc1)c1ccc2c(c1)OCO2. The zero-order valence-electron chi connectivity index (χ0n) is 12.5. The summed E-state index contributed by atoms with van der Waals surface area (Å²) in [6.07, 6.45) is -0.969. The van der Waals surface area contributed by atoms with E-state index >= 15 is 0 Å². The number of amides is 1. The van der Waals surface area contributed by atoms with Crippen LogP contribution in [0, 0.1) is 10.1 Å². The second-order valence-electron chi connectivity index (χ2n) is 5.14. The van der Waals surface area contributed by atoms with E-state index in [2.05, 4.69) is 5.32 Å². The summed E-state index contributed by atoms with van der Waals surface area (Å²) in [5.74, 6) is 0.713. The van der Waals surface area contributed by atoms with Gasteiger partial charge in [0.05, 0.1) is 11.0 Å². The van der Waals surface area contributed by atoms with E-state index < -0.39 is 11.0 Å². The third-order valence-corrected chi connectivity index (χ3v) is 3.58. The number of carbonyl (C=O) groups is 1. The summed E-state index contributed by atoms with van der Waals surface area (Å²) in [6.45, 7) is 0.102. The van der Waals surface area contributed by atoms with Crippen molar-refractivity contribution in [3.63, 3.8) is 0 Å². The van der Waals surface area contributed by atoms with Gasteiger partial charge >= 0.3 is 0 Å². The number of nitrogens with zero attached hydrogens (tertiary/aromatic N) is 1. The first-order valence-electron chi connectivity index (χ1n) is 7.15. The lowest BCUT2D eigenvalue weighted by Crippen LogP contribution is -2.28. The molecule has 2 N–H and O–H groups in total. The number of benzene rings is 2. The Balaban J connectivity index is 1.60. The van der Waals surface area contributed by atoms with Gasteiger partial charge < -0.3 is 19.9 Å². The first-order valence-corrected chi connectivity index (χ1v) is 7.15. The Morgan fingerprint density at radius 2 is 1.92 bits per heavy atom. The number of ether oxygens (including phenoxy) is 2. The highest BCUT2D eigenvalue weighted by Gasteiger charge is 2.17. The van der Waals surface area contributed by atoms with Gasteiger partial charge in [-0.2, -0.15) is 0 Å². The molecule has 124 valence electrons. The number of nitro groups is 1. The Kier molecular flexibility index (Phi) is 4.30. The number of rotatable bonds is 5. The van der Waals surface area contributed by atoms with Gasteiger partial charge in [-0.3, -0.25) is 14.9 Å². The smallest absolute Gasteiger partial charge is 0.269 e. The molecule has 0 bridgehead atoms. The molecule has 0 aliphatic carbocycles. The average Bonchev–Trinajstić information content (AvgIpc) is 3.07. The van der Waals surface area contributed by atoms with Crippen LogP contribution >= 0.6 is 0 Å². The highest BCUT2D eigenvalue weighted by molar-refractivity contribution is 5.94. The van der Waals surface area contributed by atoms with Crippen LogP contribution in [0.15, 0.2) is 42.5 Å². The van der Waals surface area contributed by atoms with Gasteiger partial charge in [-0.15, -0.1) is 0 Å². The molecule has 8 heteroatoms. The molecule has 0 radical (unpaired) electrons. The summed E-state index contributed by atoms with van der Waals surface area (Å²) < 4.78 is 10.4. The topological polar surface area (TPSA) is 111 Å². The van der Waals surface area contributed by atoms with E-state index in [-0.39, 0.29) is 24.9 Å². The maximum atomic E-state index is 12.1. The third kappa shape index (κ3) is 3.28. The van der Waals surface area contributed by atoms with Crippen LogP contribution in [0.2, 0.25) is 0 Å². The zero-order chi connectivity index (χ0) is 17.1. The molecule has 3 rings (SSSR count). The maximum Gasteiger partial charge on any atom is 0.269 e. The number of hydrogen-bond acceptors (Lipinski definition) is 6. The second-order valence-corrected chi connectivity index (χ2v) is 5.14. The van der Waals surface area contributed by atoms with Crippen LogP contribution in [0.3, 0.4) is 0 Å². The molecule has 0 saturated heterocycles. The number of hydrogen-bond donors (Lipinski definition) is 2. The quantitative estimate of drug-likeness (QED) is 0.638. The minimum atomic E-state index is -0.969. The second kappa shape index (κ2) is 6.55. The fraction of sp³-hybridized carbons (Fsp3) is 0.188. The molecule has 2 aromatic rings. The summed E-state index contributed by atoms with van der Waals surface area (Å²) in [5, 5.41) is 23.3. The molecule has 0 aromatic heterocycles. The van der Waals surface area contributed by atoms with Crippen molar-refractivity contribution in [2.45, 2.75) is 6.10 Å². The van der Waals surface area contributed by atoms with Crippen molar-refractivity contribution in [2.24, 2.45) is 0 Å². The van der Waals surface area contributed by atoms with E-state index in [1.165, 1.54) is 24.3 Å². The van der Waals surface area contributed by atoms with Crippen molar-refractivity contribution >= 4 is 11.6 Å². The van der Waals surface area contributed by atoms with Crippen LogP contribution in [-0.4, -0.2) is 29.3 Å². The number of nitrogens with one attached hydrogen (secondary N) is 1. The molecule has 1 heterocycles. The lowest BCUT2D eigenvalue weighted by Gasteiger charge is -2.12. The van der Waals surface area contributed by atoms with Gasteiger partial charge in [0.25, 0.3) is 11.6 Å². The number of aliphatic hydroxyl groups excluding tert-OH is 1. The molecule has 0 saturated carbocycles. The van der Waals surface area contributed by atoms with Crippen molar-refractivity contribution in [2.75, 3.05) is 13.3 Å². The molecule has 1 amide bonds. The highest BCUT2D eigenvalue weighted by Crippen LogP contribution is 2.32. The van der Waals surface area contributed by atoms with Crippen molar-refractivity contribution in [3.8, 4) is 11.5 Å². The van der Waals surface area contributed by atoms with Gasteiger partial charge in [-0.05, 0) is 35.9 Å². The fourth-order valence-electron chi connectivity index (χ4n) is 2.27. The molecular weight excluding hydrogens is 316 g/mol. The van der Waals surface area contributed by atoms with Gasteiger partial charge in [0.15, 0.2) is 11.5 Å². The van der Waals surface area contributed by atoms with Crippen LogP contribution in [0.4, 0.5) is 5.69 Å². The first-order chi connectivity index (χ1) is 11.5. The Labute approximate surface area is 136 Å². The van der Waals surface area contributed by atoms with Gasteiger partial charge in [0.1, 0.15) is 0 Å². The lowest BCUT2D eigenvalue weighted by atomic mass is 10.1. The summed E-state index contributed by atoms with van der Waals surface area (Å²) in [6, 6.07) is 10.3. The minimum absolute atomic E-state index is 0.0227. The standard InChI is InChI=1S/C16H14N2O6/c19-13(10-1-4-12(5-2-10)18(21)22)8-17-16(20)11-3-6-14-15(7-11)24-9-23-14/h1-7,13,19H,8-9H2,(H,17,20)/t13-/m0/s1. The molecule has 0 unspecified atom stereocenters. The number of fused-ring (bicyclic) bond motifs is 1. The van der Waals surface area contributed by atoms with Crippen LogP contribution in [0.25, 0.3) is 0 Å². The van der Waals surface area contributed by atoms with E-state index in [1.807, 2.05) is 0 Å². The van der Waals surface area contributed by atoms with Crippen LogP contribution in [0.5, 0.6) is 11.5 Å². The summed E-state index contributed by atoms with van der Waals surface area (Å²) >= 11 is 0. The van der Waals surface area contributed by atoms with E-state index in [9.17, 15) is 20.0 Å². The van der Waals surface area contributed by atoms with Crippen molar-refractivity contribution in [1.29, 1.82) is 0 Å². The monoisotopic (exact) mass is 330 g/mol. The van der Waals surface area contributed by atoms with E-state index in [1.54, 1.807) is 18.2 Å². The van der Waals surface area contributed by atoms with Crippen LogP contribution in [0.1, 0.15) is 22.0 Å². The molecular formula is C16H14N2O6. The third-order valence-electron chi connectivity index (χ3n) is 3.58. The molecule has 1 atom stereocenters. The largest absolute Gasteiger partial charge is 0.454 e. The Hall–Kier alpha value is -3.13. The predicted octanol–water partition coefficient (Wildman–Crippen LogP) is 1.79. The Morgan fingerprint density at radius 1 is 1.21 bits per heavy atom. The summed E-state index contributed by atoms with van der Waals surface area (Å²) in [7, 11) is 0. The molecule has 0 fully saturated rings. The number of nitro benzene ring substituents is 1. The average molecular weight is 330 g/mol. The van der Waals surface area contributed by atoms with Crippen LogP contribution in [-0.2, 0) is 0 Å². The number of non-ortho nitro benzene ring substituents is 1. The number of aliphatic hydroxyl groups is 1. The van der Waals surface area contributed by atoms with Gasteiger partial charge in [-0.25, -0.2) is 0 Å².